The van der Waals surface area contributed by atoms with Crippen LogP contribution in [0.1, 0.15) is 18.5 Å². The maximum atomic E-state index is 5.98. The van der Waals surface area contributed by atoms with Gasteiger partial charge in [0, 0.05) is 21.2 Å². The van der Waals surface area contributed by atoms with E-state index in [0.717, 1.165) is 15.2 Å². The Kier molecular flexibility index (Phi) is 4.08. The molecule has 0 aliphatic carbocycles. The molecule has 17 heavy (non-hydrogen) atoms. The van der Waals surface area contributed by atoms with E-state index in [1.807, 2.05) is 36.4 Å². The summed E-state index contributed by atoms with van der Waals surface area (Å²) in [6.07, 6.45) is 0. The Morgan fingerprint density at radius 2 is 1.88 bits per heavy atom. The van der Waals surface area contributed by atoms with Crippen molar-refractivity contribution in [1.82, 2.24) is 0 Å². The number of hydrogen-bond acceptors (Lipinski definition) is 1. The third-order valence-corrected chi connectivity index (χ3v) is 3.28. The number of benzene rings is 2. The summed E-state index contributed by atoms with van der Waals surface area (Å²) < 4.78 is 1.07. The summed E-state index contributed by atoms with van der Waals surface area (Å²) in [6, 6.07) is 16.3. The van der Waals surface area contributed by atoms with Gasteiger partial charge in [0.25, 0.3) is 0 Å². The van der Waals surface area contributed by atoms with Gasteiger partial charge in [-0.1, -0.05) is 45.7 Å². The van der Waals surface area contributed by atoms with Gasteiger partial charge in [-0.3, -0.25) is 0 Å². The van der Waals surface area contributed by atoms with E-state index < -0.39 is 0 Å². The van der Waals surface area contributed by atoms with Crippen molar-refractivity contribution in [2.75, 3.05) is 5.32 Å². The van der Waals surface area contributed by atoms with E-state index >= 15 is 0 Å². The van der Waals surface area contributed by atoms with Crippen LogP contribution in [0, 0.1) is 0 Å². The van der Waals surface area contributed by atoms with Gasteiger partial charge in [-0.2, -0.15) is 0 Å². The molecular weight excluding hydrogens is 298 g/mol. The van der Waals surface area contributed by atoms with Crippen LogP contribution >= 0.6 is 27.5 Å². The first kappa shape index (κ1) is 12.5. The van der Waals surface area contributed by atoms with Crippen LogP contribution in [0.2, 0.25) is 5.02 Å². The lowest BCUT2D eigenvalue weighted by atomic mass is 10.1. The van der Waals surface area contributed by atoms with E-state index in [1.165, 1.54) is 5.56 Å². The average molecular weight is 311 g/mol. The van der Waals surface area contributed by atoms with Crippen molar-refractivity contribution in [3.05, 3.63) is 63.6 Å². The lowest BCUT2D eigenvalue weighted by Crippen LogP contribution is -2.06. The zero-order valence-corrected chi connectivity index (χ0v) is 11.8. The highest BCUT2D eigenvalue weighted by atomic mass is 79.9. The van der Waals surface area contributed by atoms with Crippen LogP contribution in [-0.4, -0.2) is 0 Å². The molecule has 0 aromatic heterocycles. The van der Waals surface area contributed by atoms with Gasteiger partial charge in [-0.25, -0.2) is 0 Å². The van der Waals surface area contributed by atoms with E-state index in [-0.39, 0.29) is 6.04 Å². The summed E-state index contributed by atoms with van der Waals surface area (Å²) in [5.41, 5.74) is 2.27. The molecule has 1 atom stereocenters. The van der Waals surface area contributed by atoms with Crippen molar-refractivity contribution in [2.45, 2.75) is 13.0 Å². The largest absolute Gasteiger partial charge is 0.378 e. The molecule has 0 aliphatic rings. The molecule has 2 rings (SSSR count). The van der Waals surface area contributed by atoms with Crippen molar-refractivity contribution in [3.63, 3.8) is 0 Å². The summed E-state index contributed by atoms with van der Waals surface area (Å²) in [7, 11) is 0. The van der Waals surface area contributed by atoms with Crippen LogP contribution in [0.5, 0.6) is 0 Å². The fourth-order valence-electron chi connectivity index (χ4n) is 1.69. The zero-order chi connectivity index (χ0) is 12.3. The van der Waals surface area contributed by atoms with Gasteiger partial charge in [0.05, 0.1) is 0 Å². The molecule has 88 valence electrons. The second-order valence-electron chi connectivity index (χ2n) is 3.93. The smallest absolute Gasteiger partial charge is 0.0486 e. The topological polar surface area (TPSA) is 12.0 Å². The summed E-state index contributed by atoms with van der Waals surface area (Å²) in [6.45, 7) is 2.12. The molecule has 0 amide bonds. The molecule has 1 nitrogen and oxygen atoms in total. The highest BCUT2D eigenvalue weighted by Gasteiger charge is 2.05. The number of nitrogens with one attached hydrogen (secondary N) is 1. The zero-order valence-electron chi connectivity index (χ0n) is 9.45. The van der Waals surface area contributed by atoms with E-state index in [9.17, 15) is 0 Å². The molecule has 3 heteroatoms. The maximum absolute atomic E-state index is 5.98. The van der Waals surface area contributed by atoms with Crippen LogP contribution < -0.4 is 5.32 Å². The summed E-state index contributed by atoms with van der Waals surface area (Å²) >= 11 is 9.44. The minimum absolute atomic E-state index is 0.225. The van der Waals surface area contributed by atoms with Crippen LogP contribution in [0.15, 0.2) is 53.0 Å². The highest BCUT2D eigenvalue weighted by Crippen LogP contribution is 2.23. The molecule has 2 aromatic carbocycles. The first-order valence-electron chi connectivity index (χ1n) is 5.43. The van der Waals surface area contributed by atoms with Crippen molar-refractivity contribution >= 4 is 33.2 Å². The molecule has 1 unspecified atom stereocenters. The fourth-order valence-corrected chi connectivity index (χ4v) is 2.29. The average Bonchev–Trinajstić information content (AvgIpc) is 2.29. The Morgan fingerprint density at radius 3 is 2.59 bits per heavy atom. The number of halogens is 2. The predicted molar refractivity (Wildman–Crippen MR) is 77.6 cm³/mol. The van der Waals surface area contributed by atoms with E-state index in [1.54, 1.807) is 0 Å². The minimum Gasteiger partial charge on any atom is -0.378 e. The standard InChI is InChI=1S/C14H13BrClN/c1-10(11-4-2-6-13(16)8-11)17-14-7-3-5-12(15)9-14/h2-10,17H,1H3. The molecule has 2 aromatic rings. The van der Waals surface area contributed by atoms with Crippen molar-refractivity contribution in [3.8, 4) is 0 Å². The number of anilines is 1. The molecule has 0 saturated heterocycles. The Bertz CT molecular complexity index is 513. The van der Waals surface area contributed by atoms with Gasteiger partial charge in [0.1, 0.15) is 0 Å². The van der Waals surface area contributed by atoms with Crippen LogP contribution in [0.25, 0.3) is 0 Å². The van der Waals surface area contributed by atoms with Gasteiger partial charge in [-0.05, 0) is 42.8 Å². The second-order valence-corrected chi connectivity index (χ2v) is 5.28. The monoisotopic (exact) mass is 309 g/mol. The Morgan fingerprint density at radius 1 is 1.12 bits per heavy atom. The lowest BCUT2D eigenvalue weighted by Gasteiger charge is -2.16. The van der Waals surface area contributed by atoms with Crippen molar-refractivity contribution in [1.29, 1.82) is 0 Å². The SMILES string of the molecule is CC(Nc1cccc(Br)c1)c1cccc(Cl)c1. The normalized spacial score (nSPS) is 12.2. The molecule has 0 heterocycles. The number of rotatable bonds is 3. The summed E-state index contributed by atoms with van der Waals surface area (Å²) in [4.78, 5) is 0. The first-order valence-corrected chi connectivity index (χ1v) is 6.60. The second kappa shape index (κ2) is 5.56. The minimum atomic E-state index is 0.225. The molecule has 0 aliphatic heterocycles. The first-order chi connectivity index (χ1) is 8.15. The van der Waals surface area contributed by atoms with Gasteiger partial charge in [-0.15, -0.1) is 0 Å². The fraction of sp³-hybridized carbons (Fsp3) is 0.143. The number of hydrogen-bond donors (Lipinski definition) is 1. The van der Waals surface area contributed by atoms with Crippen LogP contribution in [-0.2, 0) is 0 Å². The Labute approximate surface area is 115 Å². The van der Waals surface area contributed by atoms with Gasteiger partial charge >= 0.3 is 0 Å². The predicted octanol–water partition coefficient (Wildman–Crippen LogP) is 5.28. The van der Waals surface area contributed by atoms with Crippen molar-refractivity contribution in [2.24, 2.45) is 0 Å². The summed E-state index contributed by atoms with van der Waals surface area (Å²) in [5, 5.41) is 4.21. The van der Waals surface area contributed by atoms with Gasteiger partial charge in [0.15, 0.2) is 0 Å². The molecule has 0 saturated carbocycles. The summed E-state index contributed by atoms with van der Waals surface area (Å²) in [5.74, 6) is 0. The highest BCUT2D eigenvalue weighted by molar-refractivity contribution is 9.10. The molecule has 0 radical (unpaired) electrons. The van der Waals surface area contributed by atoms with Gasteiger partial charge in [0.2, 0.25) is 0 Å². The quantitative estimate of drug-likeness (QED) is 0.813. The molecule has 1 N–H and O–H groups in total. The molecule has 0 bridgehead atoms. The van der Waals surface area contributed by atoms with Crippen LogP contribution in [0.3, 0.4) is 0 Å². The third-order valence-electron chi connectivity index (χ3n) is 2.56. The Balaban J connectivity index is 2.14. The molecular formula is C14H13BrClN. The third kappa shape index (κ3) is 3.48. The molecule has 0 fully saturated rings. The van der Waals surface area contributed by atoms with E-state index in [0.29, 0.717) is 0 Å². The lowest BCUT2D eigenvalue weighted by molar-refractivity contribution is 0.885. The Hall–Kier alpha value is -0.990. The van der Waals surface area contributed by atoms with Crippen molar-refractivity contribution < 1.29 is 0 Å². The van der Waals surface area contributed by atoms with Crippen LogP contribution in [0.4, 0.5) is 5.69 Å². The van der Waals surface area contributed by atoms with E-state index in [2.05, 4.69) is 40.3 Å². The van der Waals surface area contributed by atoms with Gasteiger partial charge < -0.3 is 5.32 Å². The maximum Gasteiger partial charge on any atom is 0.0486 e. The van der Waals surface area contributed by atoms with E-state index in [4.69, 9.17) is 11.6 Å². The molecule has 0 spiro atoms.